The average Bonchev–Trinajstić information content (AvgIpc) is 3.19. The van der Waals surface area contributed by atoms with Crippen molar-refractivity contribution in [2.24, 2.45) is 0 Å². The van der Waals surface area contributed by atoms with Crippen molar-refractivity contribution in [2.75, 3.05) is 43.0 Å². The van der Waals surface area contributed by atoms with Crippen LogP contribution in [-0.2, 0) is 4.79 Å². The van der Waals surface area contributed by atoms with Crippen LogP contribution >= 0.6 is 0 Å². The highest BCUT2D eigenvalue weighted by atomic mass is 16.3. The van der Waals surface area contributed by atoms with E-state index in [2.05, 4.69) is 27.2 Å². The number of hydrogen-bond acceptors (Lipinski definition) is 4. The lowest BCUT2D eigenvalue weighted by Gasteiger charge is -2.22. The molecule has 5 heteroatoms. The smallest absolute Gasteiger partial charge is 0.238 e. The van der Waals surface area contributed by atoms with Crippen LogP contribution in [0.25, 0.3) is 0 Å². The lowest BCUT2D eigenvalue weighted by Crippen LogP contribution is -2.38. The van der Waals surface area contributed by atoms with Crippen molar-refractivity contribution in [3.05, 3.63) is 24.3 Å². The molecule has 0 spiro atoms. The van der Waals surface area contributed by atoms with Gasteiger partial charge in [0.05, 0.1) is 13.2 Å². The molecular weight excluding hydrogens is 278 g/mol. The second-order valence-corrected chi connectivity index (χ2v) is 6.24. The number of rotatable bonds is 5. The molecule has 1 amide bonds. The van der Waals surface area contributed by atoms with E-state index >= 15 is 0 Å². The van der Waals surface area contributed by atoms with E-state index in [4.69, 9.17) is 0 Å². The van der Waals surface area contributed by atoms with E-state index < -0.39 is 0 Å². The number of benzene rings is 1. The first-order valence-corrected chi connectivity index (χ1v) is 8.26. The van der Waals surface area contributed by atoms with Crippen LogP contribution in [0.2, 0.25) is 0 Å². The number of likely N-dealkylation sites (tertiary alicyclic amines) is 1. The van der Waals surface area contributed by atoms with E-state index in [1.807, 2.05) is 12.1 Å². The number of anilines is 2. The molecule has 2 saturated heterocycles. The second kappa shape index (κ2) is 7.11. The summed E-state index contributed by atoms with van der Waals surface area (Å²) in [4.78, 5) is 16.6. The number of carbonyl (C=O) groups is 1. The molecule has 0 bridgehead atoms. The van der Waals surface area contributed by atoms with E-state index in [1.165, 1.54) is 18.5 Å². The summed E-state index contributed by atoms with van der Waals surface area (Å²) in [6.45, 7) is 3.65. The van der Waals surface area contributed by atoms with Crippen LogP contribution in [0, 0.1) is 0 Å². The van der Waals surface area contributed by atoms with E-state index in [9.17, 15) is 9.90 Å². The average molecular weight is 303 g/mol. The predicted molar refractivity (Wildman–Crippen MR) is 88.2 cm³/mol. The fourth-order valence-electron chi connectivity index (χ4n) is 3.43. The Morgan fingerprint density at radius 1 is 1.14 bits per heavy atom. The molecular formula is C17H25N3O2. The maximum Gasteiger partial charge on any atom is 0.238 e. The molecule has 3 rings (SSSR count). The van der Waals surface area contributed by atoms with E-state index in [0.717, 1.165) is 38.2 Å². The van der Waals surface area contributed by atoms with Gasteiger partial charge in [-0.05, 0) is 56.5 Å². The highest BCUT2D eigenvalue weighted by molar-refractivity contribution is 5.92. The maximum absolute atomic E-state index is 12.1. The number of nitrogens with one attached hydrogen (secondary N) is 1. The summed E-state index contributed by atoms with van der Waals surface area (Å²) in [5, 5.41) is 12.2. The molecule has 0 radical (unpaired) electrons. The normalized spacial score (nSPS) is 22.2. The van der Waals surface area contributed by atoms with Crippen LogP contribution in [0.5, 0.6) is 0 Å². The Balaban J connectivity index is 1.52. The van der Waals surface area contributed by atoms with Crippen molar-refractivity contribution in [1.29, 1.82) is 0 Å². The Bertz CT molecular complexity index is 497. The van der Waals surface area contributed by atoms with Gasteiger partial charge in [-0.15, -0.1) is 0 Å². The molecule has 120 valence electrons. The SMILES string of the molecule is O=C(CN1CCC[C@@H]1CO)Nc1ccc(N2CCCC2)cc1. The van der Waals surface area contributed by atoms with Crippen molar-refractivity contribution < 1.29 is 9.90 Å². The van der Waals surface area contributed by atoms with Crippen molar-refractivity contribution in [1.82, 2.24) is 4.90 Å². The number of hydrogen-bond donors (Lipinski definition) is 2. The maximum atomic E-state index is 12.1. The summed E-state index contributed by atoms with van der Waals surface area (Å²) in [6, 6.07) is 8.24. The third-order valence-electron chi connectivity index (χ3n) is 4.68. The summed E-state index contributed by atoms with van der Waals surface area (Å²) < 4.78 is 0. The zero-order valence-electron chi connectivity index (χ0n) is 13.0. The number of carbonyl (C=O) groups excluding carboxylic acids is 1. The van der Waals surface area contributed by atoms with Gasteiger partial charge in [0.1, 0.15) is 0 Å². The van der Waals surface area contributed by atoms with Crippen LogP contribution < -0.4 is 10.2 Å². The molecule has 2 heterocycles. The Labute approximate surface area is 131 Å². The molecule has 2 aliphatic rings. The van der Waals surface area contributed by atoms with Crippen LogP contribution in [0.1, 0.15) is 25.7 Å². The fourth-order valence-corrected chi connectivity index (χ4v) is 3.43. The first kappa shape index (κ1) is 15.3. The van der Waals surface area contributed by atoms with Gasteiger partial charge in [-0.25, -0.2) is 0 Å². The van der Waals surface area contributed by atoms with Crippen molar-refractivity contribution in [3.8, 4) is 0 Å². The van der Waals surface area contributed by atoms with Crippen LogP contribution in [0.3, 0.4) is 0 Å². The fraction of sp³-hybridized carbons (Fsp3) is 0.588. The van der Waals surface area contributed by atoms with Gasteiger partial charge in [0.15, 0.2) is 0 Å². The van der Waals surface area contributed by atoms with Gasteiger partial charge in [-0.3, -0.25) is 9.69 Å². The largest absolute Gasteiger partial charge is 0.395 e. The minimum atomic E-state index is -0.00530. The van der Waals surface area contributed by atoms with Gasteiger partial charge in [-0.2, -0.15) is 0 Å². The molecule has 1 atom stereocenters. The summed E-state index contributed by atoms with van der Waals surface area (Å²) in [5.74, 6) is -0.00530. The third-order valence-corrected chi connectivity index (χ3v) is 4.68. The monoisotopic (exact) mass is 303 g/mol. The molecule has 0 aromatic heterocycles. The van der Waals surface area contributed by atoms with Gasteiger partial charge >= 0.3 is 0 Å². The van der Waals surface area contributed by atoms with Gasteiger partial charge in [0.25, 0.3) is 0 Å². The van der Waals surface area contributed by atoms with Gasteiger partial charge in [-0.1, -0.05) is 0 Å². The Morgan fingerprint density at radius 3 is 2.55 bits per heavy atom. The number of aliphatic hydroxyl groups is 1. The quantitative estimate of drug-likeness (QED) is 0.869. The summed E-state index contributed by atoms with van der Waals surface area (Å²) in [6.07, 6.45) is 4.57. The van der Waals surface area contributed by atoms with Crippen LogP contribution in [0.15, 0.2) is 24.3 Å². The van der Waals surface area contributed by atoms with Crippen LogP contribution in [-0.4, -0.2) is 54.7 Å². The molecule has 1 aromatic carbocycles. The molecule has 22 heavy (non-hydrogen) atoms. The van der Waals surface area contributed by atoms with Gasteiger partial charge in [0, 0.05) is 30.5 Å². The Kier molecular flexibility index (Phi) is 4.95. The van der Waals surface area contributed by atoms with Crippen LogP contribution in [0.4, 0.5) is 11.4 Å². The summed E-state index contributed by atoms with van der Waals surface area (Å²) in [7, 11) is 0. The van der Waals surface area contributed by atoms with E-state index in [0.29, 0.717) is 6.54 Å². The topological polar surface area (TPSA) is 55.8 Å². The molecule has 2 fully saturated rings. The first-order valence-electron chi connectivity index (χ1n) is 8.26. The molecule has 0 aliphatic carbocycles. The first-order chi connectivity index (χ1) is 10.8. The standard InChI is InChI=1S/C17H25N3O2/c21-13-16-4-3-11-20(16)12-17(22)18-14-5-7-15(8-6-14)19-9-1-2-10-19/h5-8,16,21H,1-4,9-13H2,(H,18,22)/t16-/m1/s1. The minimum Gasteiger partial charge on any atom is -0.395 e. The highest BCUT2D eigenvalue weighted by Gasteiger charge is 2.25. The summed E-state index contributed by atoms with van der Waals surface area (Å²) >= 11 is 0. The predicted octanol–water partition coefficient (Wildman–Crippen LogP) is 1.68. The molecule has 5 nitrogen and oxygen atoms in total. The number of aliphatic hydroxyl groups excluding tert-OH is 1. The third kappa shape index (κ3) is 3.59. The van der Waals surface area contributed by atoms with E-state index in [1.54, 1.807) is 0 Å². The van der Waals surface area contributed by atoms with Gasteiger partial charge in [0.2, 0.25) is 5.91 Å². The molecule has 2 N–H and O–H groups in total. The van der Waals surface area contributed by atoms with Crippen molar-refractivity contribution >= 4 is 17.3 Å². The second-order valence-electron chi connectivity index (χ2n) is 6.24. The zero-order valence-corrected chi connectivity index (χ0v) is 13.0. The molecule has 2 aliphatic heterocycles. The van der Waals surface area contributed by atoms with Crippen molar-refractivity contribution in [3.63, 3.8) is 0 Å². The lowest BCUT2D eigenvalue weighted by molar-refractivity contribution is -0.117. The minimum absolute atomic E-state index is 0.00530. The molecule has 1 aromatic rings. The zero-order chi connectivity index (χ0) is 15.4. The number of nitrogens with zero attached hydrogens (tertiary/aromatic N) is 2. The highest BCUT2D eigenvalue weighted by Crippen LogP contribution is 2.22. The number of amides is 1. The Morgan fingerprint density at radius 2 is 1.86 bits per heavy atom. The van der Waals surface area contributed by atoms with Gasteiger partial charge < -0.3 is 15.3 Å². The summed E-state index contributed by atoms with van der Waals surface area (Å²) in [5.41, 5.74) is 2.07. The van der Waals surface area contributed by atoms with E-state index in [-0.39, 0.29) is 18.6 Å². The lowest BCUT2D eigenvalue weighted by atomic mass is 10.2. The van der Waals surface area contributed by atoms with Crippen molar-refractivity contribution in [2.45, 2.75) is 31.7 Å². The molecule has 0 saturated carbocycles. The molecule has 0 unspecified atom stereocenters. The Hall–Kier alpha value is -1.59.